The van der Waals surface area contributed by atoms with E-state index in [4.69, 9.17) is 9.29 Å². The summed E-state index contributed by atoms with van der Waals surface area (Å²) in [5.41, 5.74) is 0.502. The van der Waals surface area contributed by atoms with Crippen LogP contribution in [0.1, 0.15) is 32.8 Å². The van der Waals surface area contributed by atoms with Gasteiger partial charge in [0.15, 0.2) is 0 Å². The standard InChI is InChI=1S/C9H17NO3.C7H8O3S/c1-9(2,3)13-8(12)10-5-4-7(11)6-10;1-6-2-4-7(5-3-6)11(8,9)10/h7,11H,4-6H2,1-3H3;2-5H,1H3,(H,8,9,10)/t7-;/m1./s1. The van der Waals surface area contributed by atoms with Gasteiger partial charge in [-0.15, -0.1) is 0 Å². The zero-order chi connectivity index (χ0) is 18.5. The normalized spacial score (nSPS) is 17.9. The van der Waals surface area contributed by atoms with Crippen LogP contribution in [-0.4, -0.2) is 53.9 Å². The number of carbonyl (C=O) groups excluding carboxylic acids is 1. The maximum Gasteiger partial charge on any atom is 0.410 e. The molecule has 1 amide bonds. The van der Waals surface area contributed by atoms with Crippen molar-refractivity contribution >= 4 is 16.2 Å². The summed E-state index contributed by atoms with van der Waals surface area (Å²) in [4.78, 5) is 12.9. The first kappa shape index (κ1) is 20.4. The molecule has 1 heterocycles. The number of benzene rings is 1. The van der Waals surface area contributed by atoms with Crippen molar-refractivity contribution in [2.75, 3.05) is 13.1 Å². The Kier molecular flexibility index (Phi) is 6.76. The van der Waals surface area contributed by atoms with Crippen molar-refractivity contribution in [2.24, 2.45) is 0 Å². The number of hydrogen-bond donors (Lipinski definition) is 2. The lowest BCUT2D eigenvalue weighted by atomic mass is 10.2. The average molecular weight is 359 g/mol. The summed E-state index contributed by atoms with van der Waals surface area (Å²) < 4.78 is 34.7. The number of amides is 1. The Morgan fingerprint density at radius 2 is 1.79 bits per heavy atom. The molecular weight excluding hydrogens is 334 g/mol. The van der Waals surface area contributed by atoms with Gasteiger partial charge in [-0.05, 0) is 46.2 Å². The van der Waals surface area contributed by atoms with Crippen LogP contribution in [0.4, 0.5) is 4.79 Å². The van der Waals surface area contributed by atoms with E-state index < -0.39 is 15.7 Å². The van der Waals surface area contributed by atoms with Gasteiger partial charge in [-0.25, -0.2) is 4.79 Å². The highest BCUT2D eigenvalue weighted by atomic mass is 32.2. The zero-order valence-corrected chi connectivity index (χ0v) is 15.2. The maximum absolute atomic E-state index is 11.4. The Bertz CT molecular complexity index is 648. The zero-order valence-electron chi connectivity index (χ0n) is 14.4. The minimum atomic E-state index is -4.02. The lowest BCUT2D eigenvalue weighted by molar-refractivity contribution is 0.0270. The monoisotopic (exact) mass is 359 g/mol. The van der Waals surface area contributed by atoms with E-state index in [0.717, 1.165) is 5.56 Å². The second-order valence-corrected chi connectivity index (χ2v) is 8.08. The molecule has 7 nitrogen and oxygen atoms in total. The molecule has 1 atom stereocenters. The third-order valence-corrected chi connectivity index (χ3v) is 4.00. The molecule has 24 heavy (non-hydrogen) atoms. The summed E-state index contributed by atoms with van der Waals surface area (Å²) in [7, 11) is -4.02. The second-order valence-electron chi connectivity index (χ2n) is 6.66. The molecule has 0 saturated carbocycles. The summed E-state index contributed by atoms with van der Waals surface area (Å²) in [5, 5.41) is 9.20. The van der Waals surface area contributed by atoms with Crippen molar-refractivity contribution < 1.29 is 27.6 Å². The summed E-state index contributed by atoms with van der Waals surface area (Å²) in [6.45, 7) is 8.32. The SMILES string of the molecule is CC(C)(C)OC(=O)N1CC[C@@H](O)C1.Cc1ccc(S(=O)(=O)O)cc1. The van der Waals surface area contributed by atoms with Crippen LogP contribution < -0.4 is 0 Å². The molecule has 0 unspecified atom stereocenters. The fourth-order valence-electron chi connectivity index (χ4n) is 1.94. The molecule has 0 bridgehead atoms. The van der Waals surface area contributed by atoms with Gasteiger partial charge in [-0.3, -0.25) is 4.55 Å². The Morgan fingerprint density at radius 1 is 1.25 bits per heavy atom. The lowest BCUT2D eigenvalue weighted by Crippen LogP contribution is -2.35. The van der Waals surface area contributed by atoms with Gasteiger partial charge in [-0.2, -0.15) is 8.42 Å². The quantitative estimate of drug-likeness (QED) is 0.745. The van der Waals surface area contributed by atoms with Crippen LogP contribution in [-0.2, 0) is 14.9 Å². The number of β-amino-alcohol motifs (C(OH)–C–C–N with tert-alkyl or cyclic N) is 1. The first-order valence-corrected chi connectivity index (χ1v) is 9.02. The Morgan fingerprint density at radius 3 is 2.17 bits per heavy atom. The molecule has 1 fully saturated rings. The molecular formula is C16H25NO6S. The predicted molar refractivity (Wildman–Crippen MR) is 89.4 cm³/mol. The predicted octanol–water partition coefficient (Wildman–Crippen LogP) is 2.23. The van der Waals surface area contributed by atoms with Crippen molar-refractivity contribution in [2.45, 2.75) is 50.7 Å². The van der Waals surface area contributed by atoms with Gasteiger partial charge >= 0.3 is 6.09 Å². The average Bonchev–Trinajstić information content (AvgIpc) is 2.84. The molecule has 136 valence electrons. The second kappa shape index (κ2) is 7.96. The van der Waals surface area contributed by atoms with Gasteiger partial charge in [0.25, 0.3) is 10.1 Å². The van der Waals surface area contributed by atoms with Crippen LogP contribution in [0.15, 0.2) is 29.2 Å². The van der Waals surface area contributed by atoms with Crippen LogP contribution in [0.25, 0.3) is 0 Å². The van der Waals surface area contributed by atoms with E-state index >= 15 is 0 Å². The molecule has 1 aliphatic rings. The van der Waals surface area contributed by atoms with Crippen molar-refractivity contribution in [3.05, 3.63) is 29.8 Å². The first-order valence-electron chi connectivity index (χ1n) is 7.58. The van der Waals surface area contributed by atoms with Gasteiger partial charge in [0.05, 0.1) is 11.0 Å². The van der Waals surface area contributed by atoms with E-state index in [9.17, 15) is 18.3 Å². The lowest BCUT2D eigenvalue weighted by Gasteiger charge is -2.24. The number of rotatable bonds is 1. The Hall–Kier alpha value is -1.64. The fourth-order valence-corrected chi connectivity index (χ4v) is 2.42. The number of hydrogen-bond acceptors (Lipinski definition) is 5. The minimum Gasteiger partial charge on any atom is -0.444 e. The molecule has 0 radical (unpaired) electrons. The molecule has 0 aromatic heterocycles. The number of ether oxygens (including phenoxy) is 1. The van der Waals surface area contributed by atoms with Gasteiger partial charge in [-0.1, -0.05) is 17.7 Å². The number of likely N-dealkylation sites (tertiary alicyclic amines) is 1. The number of aliphatic hydroxyl groups excluding tert-OH is 1. The van der Waals surface area contributed by atoms with Crippen LogP contribution in [0.2, 0.25) is 0 Å². The molecule has 1 aliphatic heterocycles. The minimum absolute atomic E-state index is 0.0666. The number of carbonyl (C=O) groups is 1. The van der Waals surface area contributed by atoms with Crippen molar-refractivity contribution in [3.63, 3.8) is 0 Å². The maximum atomic E-state index is 11.4. The van der Waals surface area contributed by atoms with Crippen LogP contribution in [0, 0.1) is 6.92 Å². The van der Waals surface area contributed by atoms with Gasteiger partial charge in [0.2, 0.25) is 0 Å². The third kappa shape index (κ3) is 7.29. The van der Waals surface area contributed by atoms with E-state index in [2.05, 4.69) is 0 Å². The topological polar surface area (TPSA) is 104 Å². The third-order valence-electron chi connectivity index (χ3n) is 3.13. The molecule has 1 aromatic carbocycles. The highest BCUT2D eigenvalue weighted by Crippen LogP contribution is 2.14. The molecule has 1 saturated heterocycles. The Balaban J connectivity index is 0.000000243. The van der Waals surface area contributed by atoms with E-state index in [1.807, 2.05) is 27.7 Å². The van der Waals surface area contributed by atoms with Crippen LogP contribution >= 0.6 is 0 Å². The van der Waals surface area contributed by atoms with Crippen molar-refractivity contribution in [1.82, 2.24) is 4.90 Å². The fraction of sp³-hybridized carbons (Fsp3) is 0.562. The summed E-state index contributed by atoms with van der Waals surface area (Å²) >= 11 is 0. The largest absolute Gasteiger partial charge is 0.444 e. The van der Waals surface area contributed by atoms with Gasteiger partial charge in [0.1, 0.15) is 5.60 Å². The van der Waals surface area contributed by atoms with E-state index in [0.29, 0.717) is 19.5 Å². The number of aryl methyl sites for hydroxylation is 1. The van der Waals surface area contributed by atoms with Gasteiger partial charge < -0.3 is 14.7 Å². The first-order chi connectivity index (χ1) is 10.9. The number of aliphatic hydroxyl groups is 1. The summed E-state index contributed by atoms with van der Waals surface area (Å²) in [5.74, 6) is 0. The Labute approximate surface area is 143 Å². The summed E-state index contributed by atoms with van der Waals surface area (Å²) in [6, 6.07) is 5.99. The van der Waals surface area contributed by atoms with Crippen LogP contribution in [0.3, 0.4) is 0 Å². The molecule has 0 aliphatic carbocycles. The highest BCUT2D eigenvalue weighted by molar-refractivity contribution is 7.85. The van der Waals surface area contributed by atoms with Crippen LogP contribution in [0.5, 0.6) is 0 Å². The summed E-state index contributed by atoms with van der Waals surface area (Å²) in [6.07, 6.45) is -0.0595. The van der Waals surface area contributed by atoms with Crippen molar-refractivity contribution in [1.29, 1.82) is 0 Å². The molecule has 0 spiro atoms. The van der Waals surface area contributed by atoms with Crippen molar-refractivity contribution in [3.8, 4) is 0 Å². The smallest absolute Gasteiger partial charge is 0.410 e. The molecule has 2 rings (SSSR count). The van der Waals surface area contributed by atoms with E-state index in [1.165, 1.54) is 17.0 Å². The highest BCUT2D eigenvalue weighted by Gasteiger charge is 2.28. The van der Waals surface area contributed by atoms with E-state index in [1.54, 1.807) is 12.1 Å². The van der Waals surface area contributed by atoms with Gasteiger partial charge in [0, 0.05) is 13.1 Å². The van der Waals surface area contributed by atoms with E-state index in [-0.39, 0.29) is 17.1 Å². The number of nitrogens with zero attached hydrogens (tertiary/aromatic N) is 1. The molecule has 1 aromatic rings. The molecule has 2 N–H and O–H groups in total. The molecule has 8 heteroatoms.